The lowest BCUT2D eigenvalue weighted by molar-refractivity contribution is 0.570. The Kier molecular flexibility index (Phi) is 3.71. The van der Waals surface area contributed by atoms with Crippen molar-refractivity contribution in [3.8, 4) is 11.3 Å². The summed E-state index contributed by atoms with van der Waals surface area (Å²) in [6.45, 7) is 3.97. The third kappa shape index (κ3) is 2.62. The molecule has 0 N–H and O–H groups in total. The van der Waals surface area contributed by atoms with Crippen molar-refractivity contribution in [2.75, 3.05) is 0 Å². The fourth-order valence-electron chi connectivity index (χ4n) is 2.32. The molecular weight excluding hydrogens is 284 g/mol. The van der Waals surface area contributed by atoms with Crippen LogP contribution in [0.2, 0.25) is 0 Å². The van der Waals surface area contributed by atoms with Crippen LogP contribution < -0.4 is 0 Å². The van der Waals surface area contributed by atoms with Gasteiger partial charge in [-0.25, -0.2) is 8.78 Å². The Balaban J connectivity index is 1.97. The van der Waals surface area contributed by atoms with E-state index in [-0.39, 0.29) is 5.56 Å². The molecule has 0 amide bonds. The SMILES string of the molecule is Cc1cc(-c2ccc(F)c(C)c2F)ncc1Cn1cccn1. The Morgan fingerprint density at radius 1 is 1.18 bits per heavy atom. The molecular formula is C17H15F2N3. The van der Waals surface area contributed by atoms with Crippen LogP contribution in [-0.4, -0.2) is 14.8 Å². The van der Waals surface area contributed by atoms with Crippen LogP contribution in [0.4, 0.5) is 8.78 Å². The van der Waals surface area contributed by atoms with Crippen LogP contribution in [0, 0.1) is 25.5 Å². The van der Waals surface area contributed by atoms with E-state index in [1.54, 1.807) is 17.1 Å². The van der Waals surface area contributed by atoms with E-state index in [4.69, 9.17) is 0 Å². The number of pyridine rings is 1. The van der Waals surface area contributed by atoms with Crippen molar-refractivity contribution >= 4 is 0 Å². The molecule has 0 radical (unpaired) electrons. The van der Waals surface area contributed by atoms with E-state index in [1.807, 2.05) is 25.3 Å². The van der Waals surface area contributed by atoms with Crippen LogP contribution in [-0.2, 0) is 6.54 Å². The molecule has 3 nitrogen and oxygen atoms in total. The summed E-state index contributed by atoms with van der Waals surface area (Å²) in [7, 11) is 0. The average Bonchev–Trinajstić information content (AvgIpc) is 3.00. The average molecular weight is 299 g/mol. The van der Waals surface area contributed by atoms with Gasteiger partial charge in [0.05, 0.1) is 12.2 Å². The first-order valence-electron chi connectivity index (χ1n) is 6.94. The first kappa shape index (κ1) is 14.4. The number of hydrogen-bond donors (Lipinski definition) is 0. The smallest absolute Gasteiger partial charge is 0.138 e. The summed E-state index contributed by atoms with van der Waals surface area (Å²) < 4.78 is 29.3. The molecule has 0 aliphatic rings. The van der Waals surface area contributed by atoms with Gasteiger partial charge in [-0.15, -0.1) is 0 Å². The number of benzene rings is 1. The molecule has 0 spiro atoms. The molecule has 0 saturated carbocycles. The Bertz CT molecular complexity index is 811. The molecule has 22 heavy (non-hydrogen) atoms. The summed E-state index contributed by atoms with van der Waals surface area (Å²) in [5, 5.41) is 4.16. The van der Waals surface area contributed by atoms with Crippen LogP contribution in [0.15, 0.2) is 42.9 Å². The van der Waals surface area contributed by atoms with Gasteiger partial charge in [0.1, 0.15) is 11.6 Å². The molecule has 0 saturated heterocycles. The maximum Gasteiger partial charge on any atom is 0.138 e. The van der Waals surface area contributed by atoms with Crippen LogP contribution in [0.5, 0.6) is 0 Å². The monoisotopic (exact) mass is 299 g/mol. The van der Waals surface area contributed by atoms with Crippen molar-refractivity contribution in [2.45, 2.75) is 20.4 Å². The van der Waals surface area contributed by atoms with Gasteiger partial charge >= 0.3 is 0 Å². The molecule has 2 aromatic heterocycles. The lowest BCUT2D eigenvalue weighted by Crippen LogP contribution is -2.03. The molecule has 5 heteroatoms. The maximum atomic E-state index is 14.2. The molecule has 3 aromatic rings. The molecule has 112 valence electrons. The van der Waals surface area contributed by atoms with E-state index in [1.165, 1.54) is 19.1 Å². The quantitative estimate of drug-likeness (QED) is 0.734. The van der Waals surface area contributed by atoms with Gasteiger partial charge in [0.15, 0.2) is 0 Å². The molecule has 0 aliphatic heterocycles. The van der Waals surface area contributed by atoms with Crippen LogP contribution in [0.3, 0.4) is 0 Å². The van der Waals surface area contributed by atoms with Crippen LogP contribution in [0.25, 0.3) is 11.3 Å². The third-order valence-corrected chi connectivity index (χ3v) is 3.71. The second kappa shape index (κ2) is 5.67. The normalized spacial score (nSPS) is 10.9. The Morgan fingerprint density at radius 2 is 2.00 bits per heavy atom. The molecule has 1 aromatic carbocycles. The third-order valence-electron chi connectivity index (χ3n) is 3.71. The van der Waals surface area contributed by atoms with Gasteiger partial charge in [0.25, 0.3) is 0 Å². The number of aromatic nitrogens is 3. The van der Waals surface area contributed by atoms with E-state index in [2.05, 4.69) is 10.1 Å². The van der Waals surface area contributed by atoms with Gasteiger partial charge in [-0.2, -0.15) is 5.10 Å². The number of hydrogen-bond acceptors (Lipinski definition) is 2. The zero-order valence-electron chi connectivity index (χ0n) is 12.3. The largest absolute Gasteiger partial charge is 0.268 e. The number of halogens is 2. The van der Waals surface area contributed by atoms with E-state index in [0.717, 1.165) is 11.1 Å². The topological polar surface area (TPSA) is 30.7 Å². The Hall–Kier alpha value is -2.56. The first-order valence-corrected chi connectivity index (χ1v) is 6.94. The second-order valence-corrected chi connectivity index (χ2v) is 5.23. The van der Waals surface area contributed by atoms with Crippen LogP contribution in [0.1, 0.15) is 16.7 Å². The number of aryl methyl sites for hydroxylation is 1. The number of rotatable bonds is 3. The lowest BCUT2D eigenvalue weighted by atomic mass is 10.0. The molecule has 0 bridgehead atoms. The van der Waals surface area contributed by atoms with Crippen molar-refractivity contribution in [1.29, 1.82) is 0 Å². The highest BCUT2D eigenvalue weighted by Crippen LogP contribution is 2.26. The Labute approximate surface area is 127 Å². The second-order valence-electron chi connectivity index (χ2n) is 5.23. The van der Waals surface area contributed by atoms with Gasteiger partial charge < -0.3 is 0 Å². The zero-order chi connectivity index (χ0) is 15.7. The number of nitrogens with zero attached hydrogens (tertiary/aromatic N) is 3. The maximum absolute atomic E-state index is 14.2. The van der Waals surface area contributed by atoms with Gasteiger partial charge in [-0.05, 0) is 49.2 Å². The Morgan fingerprint density at radius 3 is 2.68 bits per heavy atom. The summed E-state index contributed by atoms with van der Waals surface area (Å²) in [5.41, 5.74) is 2.82. The minimum Gasteiger partial charge on any atom is -0.268 e. The summed E-state index contributed by atoms with van der Waals surface area (Å²) in [5.74, 6) is -1.11. The molecule has 0 fully saturated rings. The highest BCUT2D eigenvalue weighted by Gasteiger charge is 2.13. The van der Waals surface area contributed by atoms with E-state index in [9.17, 15) is 8.78 Å². The minimum atomic E-state index is -0.563. The first-order chi connectivity index (χ1) is 10.6. The standard InChI is InChI=1S/C17H15F2N3/c1-11-8-16(14-4-5-15(18)12(2)17(14)19)20-9-13(11)10-22-7-3-6-21-22/h3-9H,10H2,1-2H3. The summed E-state index contributed by atoms with van der Waals surface area (Å²) in [6.07, 6.45) is 5.30. The molecule has 0 unspecified atom stereocenters. The van der Waals surface area contributed by atoms with E-state index in [0.29, 0.717) is 17.8 Å². The van der Waals surface area contributed by atoms with Crippen molar-refractivity contribution in [3.63, 3.8) is 0 Å². The zero-order valence-corrected chi connectivity index (χ0v) is 12.3. The lowest BCUT2D eigenvalue weighted by Gasteiger charge is -2.10. The minimum absolute atomic E-state index is 0.0116. The summed E-state index contributed by atoms with van der Waals surface area (Å²) in [6, 6.07) is 6.36. The summed E-state index contributed by atoms with van der Waals surface area (Å²) >= 11 is 0. The highest BCUT2D eigenvalue weighted by molar-refractivity contribution is 5.62. The molecule has 3 rings (SSSR count). The van der Waals surface area contributed by atoms with Crippen molar-refractivity contribution < 1.29 is 8.78 Å². The van der Waals surface area contributed by atoms with Gasteiger partial charge in [-0.1, -0.05) is 0 Å². The fourth-order valence-corrected chi connectivity index (χ4v) is 2.32. The van der Waals surface area contributed by atoms with Crippen molar-refractivity contribution in [2.24, 2.45) is 0 Å². The van der Waals surface area contributed by atoms with Crippen molar-refractivity contribution in [3.05, 3.63) is 71.2 Å². The molecule has 0 aliphatic carbocycles. The van der Waals surface area contributed by atoms with E-state index < -0.39 is 11.6 Å². The predicted octanol–water partition coefficient (Wildman–Crippen LogP) is 3.89. The van der Waals surface area contributed by atoms with Crippen molar-refractivity contribution in [1.82, 2.24) is 14.8 Å². The van der Waals surface area contributed by atoms with Gasteiger partial charge in [0.2, 0.25) is 0 Å². The fraction of sp³-hybridized carbons (Fsp3) is 0.176. The molecule has 2 heterocycles. The van der Waals surface area contributed by atoms with Gasteiger partial charge in [-0.3, -0.25) is 9.67 Å². The van der Waals surface area contributed by atoms with E-state index >= 15 is 0 Å². The molecule has 0 atom stereocenters. The predicted molar refractivity (Wildman–Crippen MR) is 80.4 cm³/mol. The van der Waals surface area contributed by atoms with Crippen LogP contribution >= 0.6 is 0 Å². The highest BCUT2D eigenvalue weighted by atomic mass is 19.1. The summed E-state index contributed by atoms with van der Waals surface area (Å²) in [4.78, 5) is 4.32. The van der Waals surface area contributed by atoms with Gasteiger partial charge in [0, 0.05) is 29.7 Å².